The quantitative estimate of drug-likeness (QED) is 0.303. The minimum atomic E-state index is -0.250. The fourth-order valence-electron chi connectivity index (χ4n) is 6.72. The van der Waals surface area contributed by atoms with Crippen LogP contribution >= 0.6 is 0 Å². The Morgan fingerprint density at radius 3 is 2.84 bits per heavy atom. The molecule has 1 amide bonds. The van der Waals surface area contributed by atoms with Crippen molar-refractivity contribution < 1.29 is 19.4 Å². The molecular formula is C29H46N4O4. The molecule has 2 saturated carbocycles. The normalized spacial score (nSPS) is 26.5. The number of hydrogen-bond acceptors (Lipinski definition) is 6. The van der Waals surface area contributed by atoms with E-state index in [1.807, 2.05) is 0 Å². The van der Waals surface area contributed by atoms with E-state index in [9.17, 15) is 4.79 Å². The summed E-state index contributed by atoms with van der Waals surface area (Å²) in [5.41, 5.74) is 2.58. The first kappa shape index (κ1) is 27.8. The zero-order valence-corrected chi connectivity index (χ0v) is 22.4. The number of likely N-dealkylation sites (tertiary alicyclic amines) is 1. The third-order valence-corrected chi connectivity index (χ3v) is 8.75. The van der Waals surface area contributed by atoms with E-state index < -0.39 is 0 Å². The van der Waals surface area contributed by atoms with Gasteiger partial charge in [-0.3, -0.25) is 9.59 Å². The number of unbranched alkanes of at least 4 members (excludes halogenated alkanes) is 1. The van der Waals surface area contributed by atoms with Gasteiger partial charge in [0, 0.05) is 37.4 Å². The second kappa shape index (κ2) is 14.1. The molecule has 1 aromatic rings. The van der Waals surface area contributed by atoms with Crippen molar-refractivity contribution in [3.63, 3.8) is 0 Å². The Labute approximate surface area is 221 Å². The SMILES string of the molecule is O=C(NCCCOC1CCCN(CCCCc2ccc3c(n2)NCCC3)C1)C12CCC(CC1)C2.O=CO. The lowest BCUT2D eigenvalue weighted by Gasteiger charge is -2.32. The summed E-state index contributed by atoms with van der Waals surface area (Å²) in [6.45, 7) is 5.72. The first-order valence-electron chi connectivity index (χ1n) is 14.5. The van der Waals surface area contributed by atoms with Gasteiger partial charge in [0.1, 0.15) is 5.82 Å². The van der Waals surface area contributed by atoms with Gasteiger partial charge < -0.3 is 25.4 Å². The number of nitrogens with zero attached hydrogens (tertiary/aromatic N) is 2. The van der Waals surface area contributed by atoms with Gasteiger partial charge in [-0.1, -0.05) is 6.07 Å². The number of carbonyl (C=O) groups excluding carboxylic acids is 1. The summed E-state index contributed by atoms with van der Waals surface area (Å²) >= 11 is 0. The summed E-state index contributed by atoms with van der Waals surface area (Å²) in [6.07, 6.45) is 15.4. The molecule has 5 rings (SSSR count). The molecule has 2 bridgehead atoms. The number of hydrogen-bond donors (Lipinski definition) is 3. The van der Waals surface area contributed by atoms with Crippen LogP contribution in [-0.4, -0.2) is 72.8 Å². The number of fused-ring (bicyclic) bond motifs is 3. The molecule has 4 aliphatic rings. The van der Waals surface area contributed by atoms with Crippen molar-refractivity contribution in [2.45, 2.75) is 89.6 Å². The van der Waals surface area contributed by atoms with E-state index in [0.717, 1.165) is 83.0 Å². The van der Waals surface area contributed by atoms with Crippen LogP contribution in [-0.2, 0) is 27.2 Å². The maximum absolute atomic E-state index is 12.6. The summed E-state index contributed by atoms with van der Waals surface area (Å²) in [5.74, 6) is 2.25. The van der Waals surface area contributed by atoms with E-state index in [4.69, 9.17) is 19.6 Å². The molecule has 0 radical (unpaired) electrons. The number of pyridine rings is 1. The number of piperidine rings is 1. The van der Waals surface area contributed by atoms with Crippen molar-refractivity contribution in [2.75, 3.05) is 44.6 Å². The van der Waals surface area contributed by atoms with Gasteiger partial charge in [-0.2, -0.15) is 0 Å². The van der Waals surface area contributed by atoms with Gasteiger partial charge >= 0.3 is 0 Å². The Morgan fingerprint density at radius 1 is 1.22 bits per heavy atom. The van der Waals surface area contributed by atoms with Crippen LogP contribution in [0.1, 0.15) is 81.9 Å². The lowest BCUT2D eigenvalue weighted by molar-refractivity contribution is -0.130. The zero-order chi connectivity index (χ0) is 25.9. The van der Waals surface area contributed by atoms with Crippen LogP contribution in [0.4, 0.5) is 5.82 Å². The molecule has 1 aromatic heterocycles. The third kappa shape index (κ3) is 7.90. The molecule has 3 heterocycles. The maximum Gasteiger partial charge on any atom is 0.290 e. The van der Waals surface area contributed by atoms with Crippen molar-refractivity contribution in [1.29, 1.82) is 0 Å². The Morgan fingerprint density at radius 2 is 2.05 bits per heavy atom. The minimum absolute atomic E-state index is 0.0117. The van der Waals surface area contributed by atoms with Crippen molar-refractivity contribution in [3.8, 4) is 0 Å². The van der Waals surface area contributed by atoms with Crippen molar-refractivity contribution in [2.24, 2.45) is 11.3 Å². The maximum atomic E-state index is 12.6. The monoisotopic (exact) mass is 514 g/mol. The number of aryl methyl sites for hydroxylation is 2. The highest BCUT2D eigenvalue weighted by Gasteiger charge is 2.49. The summed E-state index contributed by atoms with van der Waals surface area (Å²) in [7, 11) is 0. The lowest BCUT2D eigenvalue weighted by Crippen LogP contribution is -2.41. The minimum Gasteiger partial charge on any atom is -0.483 e. The number of rotatable bonds is 11. The second-order valence-corrected chi connectivity index (χ2v) is 11.4. The topological polar surface area (TPSA) is 104 Å². The number of nitrogens with one attached hydrogen (secondary N) is 2. The van der Waals surface area contributed by atoms with E-state index in [1.165, 1.54) is 62.7 Å². The molecule has 3 N–H and O–H groups in total. The molecule has 1 atom stereocenters. The Bertz CT molecular complexity index is 871. The predicted octanol–water partition coefficient (Wildman–Crippen LogP) is 4.03. The summed E-state index contributed by atoms with van der Waals surface area (Å²) in [4.78, 5) is 28.4. The van der Waals surface area contributed by atoms with Crippen LogP contribution < -0.4 is 10.6 Å². The molecule has 0 spiro atoms. The Kier molecular flexibility index (Phi) is 10.6. The number of carbonyl (C=O) groups is 2. The standard InChI is InChI=1S/C28H44N4O2.CH2O2/c33-27(28-13-11-22(20-28)12-14-28)30-16-5-19-34-25-8-4-18-32(21-25)17-2-1-7-24-10-9-23-6-3-15-29-26(23)31-24;2-1-3/h9-10,22,25H,1-8,11-21H2,(H,29,31)(H,30,33);1H,(H,2,3). The van der Waals surface area contributed by atoms with Gasteiger partial charge in [0.25, 0.3) is 6.47 Å². The van der Waals surface area contributed by atoms with Crippen molar-refractivity contribution in [3.05, 3.63) is 23.4 Å². The van der Waals surface area contributed by atoms with Gasteiger partial charge in [0.15, 0.2) is 0 Å². The lowest BCUT2D eigenvalue weighted by atomic mass is 9.83. The number of anilines is 1. The molecule has 1 unspecified atom stereocenters. The molecule has 2 aliphatic heterocycles. The summed E-state index contributed by atoms with van der Waals surface area (Å²) in [6, 6.07) is 4.48. The first-order valence-corrected chi connectivity index (χ1v) is 14.5. The molecule has 2 aliphatic carbocycles. The number of aromatic nitrogens is 1. The van der Waals surface area contributed by atoms with Gasteiger partial charge in [-0.05, 0) is 114 Å². The molecule has 206 valence electrons. The van der Waals surface area contributed by atoms with E-state index in [-0.39, 0.29) is 11.9 Å². The van der Waals surface area contributed by atoms with Crippen molar-refractivity contribution >= 4 is 18.2 Å². The number of amides is 1. The average molecular weight is 515 g/mol. The zero-order valence-electron chi connectivity index (χ0n) is 22.4. The van der Waals surface area contributed by atoms with Gasteiger partial charge in [0.2, 0.25) is 5.91 Å². The van der Waals surface area contributed by atoms with E-state index >= 15 is 0 Å². The Hall–Kier alpha value is -2.19. The largest absolute Gasteiger partial charge is 0.483 e. The van der Waals surface area contributed by atoms with Crippen LogP contribution in [0.3, 0.4) is 0 Å². The smallest absolute Gasteiger partial charge is 0.290 e. The van der Waals surface area contributed by atoms with Crippen LogP contribution in [0, 0.1) is 11.3 Å². The average Bonchev–Trinajstić information content (AvgIpc) is 3.55. The highest BCUT2D eigenvalue weighted by molar-refractivity contribution is 5.83. The molecule has 8 nitrogen and oxygen atoms in total. The Balaban J connectivity index is 0.00000102. The summed E-state index contributed by atoms with van der Waals surface area (Å²) in [5, 5.41) is 13.5. The number of ether oxygens (including phenoxy) is 1. The second-order valence-electron chi connectivity index (χ2n) is 11.4. The van der Waals surface area contributed by atoms with Gasteiger partial charge in [-0.25, -0.2) is 4.98 Å². The van der Waals surface area contributed by atoms with E-state index in [0.29, 0.717) is 12.0 Å². The fraction of sp³-hybridized carbons (Fsp3) is 0.759. The van der Waals surface area contributed by atoms with Crippen LogP contribution in [0.25, 0.3) is 0 Å². The summed E-state index contributed by atoms with van der Waals surface area (Å²) < 4.78 is 6.20. The van der Waals surface area contributed by atoms with Crippen LogP contribution in [0.2, 0.25) is 0 Å². The van der Waals surface area contributed by atoms with E-state index in [2.05, 4.69) is 27.7 Å². The predicted molar refractivity (Wildman–Crippen MR) is 145 cm³/mol. The van der Waals surface area contributed by atoms with E-state index in [1.54, 1.807) is 0 Å². The van der Waals surface area contributed by atoms with Gasteiger partial charge in [0.05, 0.1) is 6.10 Å². The molecule has 1 saturated heterocycles. The third-order valence-electron chi connectivity index (χ3n) is 8.75. The number of carboxylic acid groups (broad SMARTS) is 1. The first-order chi connectivity index (χ1) is 18.1. The molecular weight excluding hydrogens is 468 g/mol. The fourth-order valence-corrected chi connectivity index (χ4v) is 6.72. The van der Waals surface area contributed by atoms with Gasteiger partial charge in [-0.15, -0.1) is 0 Å². The molecule has 37 heavy (non-hydrogen) atoms. The molecule has 3 fully saturated rings. The van der Waals surface area contributed by atoms with Crippen LogP contribution in [0.15, 0.2) is 12.1 Å². The highest BCUT2D eigenvalue weighted by Crippen LogP contribution is 2.54. The van der Waals surface area contributed by atoms with Crippen LogP contribution in [0.5, 0.6) is 0 Å². The molecule has 0 aromatic carbocycles. The molecule has 8 heteroatoms. The highest BCUT2D eigenvalue weighted by atomic mass is 16.5. The van der Waals surface area contributed by atoms with Crippen molar-refractivity contribution in [1.82, 2.24) is 15.2 Å².